The van der Waals surface area contributed by atoms with Gasteiger partial charge in [0, 0.05) is 25.2 Å². The van der Waals surface area contributed by atoms with Crippen LogP contribution < -0.4 is 5.32 Å². The summed E-state index contributed by atoms with van der Waals surface area (Å²) in [5.74, 6) is 0.825. The molecule has 4 nitrogen and oxygen atoms in total. The molecule has 2 aliphatic rings. The maximum atomic E-state index is 12.0. The highest BCUT2D eigenvalue weighted by Crippen LogP contribution is 2.28. The van der Waals surface area contributed by atoms with E-state index in [2.05, 4.69) is 12.2 Å². The van der Waals surface area contributed by atoms with Crippen molar-refractivity contribution in [2.24, 2.45) is 5.92 Å². The van der Waals surface area contributed by atoms with Crippen LogP contribution in [0.5, 0.6) is 0 Å². The minimum absolute atomic E-state index is 0.171. The molecule has 0 aromatic heterocycles. The summed E-state index contributed by atoms with van der Waals surface area (Å²) in [6, 6.07) is 0.999. The zero-order valence-electron chi connectivity index (χ0n) is 13.4. The number of carbonyl (C=O) groups is 1. The lowest BCUT2D eigenvalue weighted by atomic mass is 9.99. The maximum Gasteiger partial charge on any atom is 0.410 e. The van der Waals surface area contributed by atoms with Crippen LogP contribution in [0.25, 0.3) is 0 Å². The van der Waals surface area contributed by atoms with Crippen LogP contribution in [0.1, 0.15) is 59.8 Å². The van der Waals surface area contributed by atoms with Crippen molar-refractivity contribution in [3.63, 3.8) is 0 Å². The van der Waals surface area contributed by atoms with Gasteiger partial charge in [-0.3, -0.25) is 0 Å². The zero-order valence-corrected chi connectivity index (χ0v) is 13.4. The predicted molar refractivity (Wildman–Crippen MR) is 80.8 cm³/mol. The van der Waals surface area contributed by atoms with E-state index in [-0.39, 0.29) is 6.09 Å². The molecule has 2 rings (SSSR count). The first kappa shape index (κ1) is 15.6. The molecule has 2 fully saturated rings. The monoisotopic (exact) mass is 282 g/mol. The van der Waals surface area contributed by atoms with Gasteiger partial charge in [-0.25, -0.2) is 4.79 Å². The minimum Gasteiger partial charge on any atom is -0.444 e. The van der Waals surface area contributed by atoms with Crippen molar-refractivity contribution in [3.05, 3.63) is 0 Å². The first-order valence-corrected chi connectivity index (χ1v) is 8.09. The third kappa shape index (κ3) is 4.37. The molecular formula is C16H30N2O2. The van der Waals surface area contributed by atoms with Crippen LogP contribution in [0.3, 0.4) is 0 Å². The van der Waals surface area contributed by atoms with Gasteiger partial charge in [-0.05, 0) is 52.9 Å². The van der Waals surface area contributed by atoms with Crippen LogP contribution in [0.4, 0.5) is 4.79 Å². The Bertz CT molecular complexity index is 332. The molecule has 0 aromatic rings. The van der Waals surface area contributed by atoms with Gasteiger partial charge in [0.1, 0.15) is 5.60 Å². The van der Waals surface area contributed by atoms with Crippen LogP contribution in [0, 0.1) is 5.92 Å². The maximum absolute atomic E-state index is 12.0. The van der Waals surface area contributed by atoms with Crippen molar-refractivity contribution in [2.75, 3.05) is 13.1 Å². The molecule has 4 heteroatoms. The highest BCUT2D eigenvalue weighted by molar-refractivity contribution is 5.68. The second-order valence-corrected chi connectivity index (χ2v) is 7.41. The highest BCUT2D eigenvalue weighted by atomic mass is 16.6. The number of amides is 1. The molecule has 2 atom stereocenters. The normalized spacial score (nSPS) is 26.0. The molecule has 1 unspecified atom stereocenters. The summed E-state index contributed by atoms with van der Waals surface area (Å²) in [7, 11) is 0. The van der Waals surface area contributed by atoms with Crippen LogP contribution in [0.2, 0.25) is 0 Å². The topological polar surface area (TPSA) is 41.6 Å². The second kappa shape index (κ2) is 6.33. The molecule has 0 aromatic carbocycles. The third-order valence-corrected chi connectivity index (χ3v) is 4.45. The fourth-order valence-corrected chi connectivity index (χ4v) is 3.35. The number of carbonyl (C=O) groups excluding carboxylic acids is 1. The van der Waals surface area contributed by atoms with E-state index in [0.717, 1.165) is 25.4 Å². The Morgan fingerprint density at radius 3 is 2.50 bits per heavy atom. The smallest absolute Gasteiger partial charge is 0.410 e. The summed E-state index contributed by atoms with van der Waals surface area (Å²) in [6.45, 7) is 9.64. The summed E-state index contributed by atoms with van der Waals surface area (Å²) in [5, 5.41) is 3.72. The number of ether oxygens (including phenoxy) is 1. The van der Waals surface area contributed by atoms with Gasteiger partial charge in [-0.15, -0.1) is 0 Å². The minimum atomic E-state index is -0.403. The molecule has 0 bridgehead atoms. The van der Waals surface area contributed by atoms with Crippen molar-refractivity contribution < 1.29 is 9.53 Å². The predicted octanol–water partition coefficient (Wildman–Crippen LogP) is 3.16. The van der Waals surface area contributed by atoms with E-state index in [0.29, 0.717) is 12.1 Å². The molecule has 0 radical (unpaired) electrons. The van der Waals surface area contributed by atoms with Crippen molar-refractivity contribution >= 4 is 6.09 Å². The second-order valence-electron chi connectivity index (χ2n) is 7.41. The standard InChI is InChI=1S/C16H30N2O2/c1-12(13-7-5-6-8-13)17-14-9-10-18(11-14)15(19)20-16(2,3)4/h12-14,17H,5-11H2,1-4H3/t12-,14?/m1/s1. The first-order valence-electron chi connectivity index (χ1n) is 8.09. The summed E-state index contributed by atoms with van der Waals surface area (Å²) in [6.07, 6.45) is 6.34. The molecule has 116 valence electrons. The highest BCUT2D eigenvalue weighted by Gasteiger charge is 2.31. The van der Waals surface area contributed by atoms with E-state index in [1.54, 1.807) is 0 Å². The molecule has 20 heavy (non-hydrogen) atoms. The molecule has 0 spiro atoms. The van der Waals surface area contributed by atoms with Crippen LogP contribution in [0.15, 0.2) is 0 Å². The SMILES string of the molecule is C[C@@H](NC1CCN(C(=O)OC(C)(C)C)C1)C1CCCC1. The van der Waals surface area contributed by atoms with Crippen molar-refractivity contribution in [2.45, 2.75) is 77.5 Å². The van der Waals surface area contributed by atoms with Crippen LogP contribution in [-0.4, -0.2) is 41.8 Å². The van der Waals surface area contributed by atoms with E-state index < -0.39 is 5.60 Å². The Balaban J connectivity index is 1.75. The van der Waals surface area contributed by atoms with Crippen molar-refractivity contribution in [3.8, 4) is 0 Å². The lowest BCUT2D eigenvalue weighted by Crippen LogP contribution is -2.43. The van der Waals surface area contributed by atoms with Crippen molar-refractivity contribution in [1.29, 1.82) is 0 Å². The Labute approximate surface area is 123 Å². The summed E-state index contributed by atoms with van der Waals surface area (Å²) in [5.41, 5.74) is -0.403. The third-order valence-electron chi connectivity index (χ3n) is 4.45. The number of hydrogen-bond acceptors (Lipinski definition) is 3. The summed E-state index contributed by atoms with van der Waals surface area (Å²) in [4.78, 5) is 13.9. The molecular weight excluding hydrogens is 252 g/mol. The zero-order chi connectivity index (χ0) is 14.8. The van der Waals surface area contributed by atoms with Gasteiger partial charge in [-0.2, -0.15) is 0 Å². The van der Waals surface area contributed by atoms with Gasteiger partial charge < -0.3 is 15.0 Å². The first-order chi connectivity index (χ1) is 9.35. The average molecular weight is 282 g/mol. The number of nitrogens with zero attached hydrogens (tertiary/aromatic N) is 1. The van der Waals surface area contributed by atoms with Gasteiger partial charge in [-0.1, -0.05) is 12.8 Å². The average Bonchev–Trinajstić information content (AvgIpc) is 2.97. The van der Waals surface area contributed by atoms with E-state index in [1.807, 2.05) is 25.7 Å². The van der Waals surface area contributed by atoms with E-state index in [1.165, 1.54) is 25.7 Å². The molecule has 1 aliphatic carbocycles. The fourth-order valence-electron chi connectivity index (χ4n) is 3.35. The lowest BCUT2D eigenvalue weighted by Gasteiger charge is -2.26. The molecule has 1 heterocycles. The van der Waals surface area contributed by atoms with Gasteiger partial charge in [0.05, 0.1) is 0 Å². The number of nitrogens with one attached hydrogen (secondary N) is 1. The Morgan fingerprint density at radius 2 is 1.90 bits per heavy atom. The Kier molecular flexibility index (Phi) is 4.95. The van der Waals surface area contributed by atoms with Gasteiger partial charge in [0.25, 0.3) is 0 Å². The summed E-state index contributed by atoms with van der Waals surface area (Å²) >= 11 is 0. The molecule has 1 saturated carbocycles. The molecule has 1 amide bonds. The van der Waals surface area contributed by atoms with E-state index >= 15 is 0 Å². The van der Waals surface area contributed by atoms with Crippen LogP contribution in [-0.2, 0) is 4.74 Å². The van der Waals surface area contributed by atoms with Crippen molar-refractivity contribution in [1.82, 2.24) is 10.2 Å². The van der Waals surface area contributed by atoms with Gasteiger partial charge >= 0.3 is 6.09 Å². The number of hydrogen-bond donors (Lipinski definition) is 1. The van der Waals surface area contributed by atoms with E-state index in [9.17, 15) is 4.79 Å². The lowest BCUT2D eigenvalue weighted by molar-refractivity contribution is 0.0290. The number of rotatable bonds is 3. The van der Waals surface area contributed by atoms with Crippen LogP contribution >= 0.6 is 0 Å². The van der Waals surface area contributed by atoms with E-state index in [4.69, 9.17) is 4.74 Å². The summed E-state index contributed by atoms with van der Waals surface area (Å²) < 4.78 is 5.43. The van der Waals surface area contributed by atoms with Gasteiger partial charge in [0.2, 0.25) is 0 Å². The quantitative estimate of drug-likeness (QED) is 0.864. The number of likely N-dealkylation sites (tertiary alicyclic amines) is 1. The Morgan fingerprint density at radius 1 is 1.25 bits per heavy atom. The molecule has 1 N–H and O–H groups in total. The largest absolute Gasteiger partial charge is 0.444 e. The fraction of sp³-hybridized carbons (Fsp3) is 0.938. The molecule has 1 aliphatic heterocycles. The molecule has 1 saturated heterocycles. The Hall–Kier alpha value is -0.770. The van der Waals surface area contributed by atoms with Gasteiger partial charge in [0.15, 0.2) is 0 Å².